The van der Waals surface area contributed by atoms with Crippen LogP contribution < -0.4 is 10.6 Å². The maximum atomic E-state index is 13.2. The van der Waals surface area contributed by atoms with Gasteiger partial charge >= 0.3 is 0 Å². The Kier molecular flexibility index (Phi) is 8.62. The summed E-state index contributed by atoms with van der Waals surface area (Å²) in [5.41, 5.74) is 4.85. The van der Waals surface area contributed by atoms with E-state index < -0.39 is 21.3 Å². The Bertz CT molecular complexity index is 1510. The summed E-state index contributed by atoms with van der Waals surface area (Å²) in [7, 11) is -1.99. The smallest absolute Gasteiger partial charge is 0.257 e. The van der Waals surface area contributed by atoms with Crippen LogP contribution in [-0.2, 0) is 21.1 Å². The maximum absolute atomic E-state index is 13.2. The molecule has 1 atom stereocenters. The number of hydrogen-bond acceptors (Lipinski definition) is 8. The molecule has 2 aliphatic heterocycles. The molecule has 0 unspecified atom stereocenters. The summed E-state index contributed by atoms with van der Waals surface area (Å²) >= 11 is 0. The molecule has 0 bridgehead atoms. The van der Waals surface area contributed by atoms with E-state index >= 15 is 0 Å². The second-order valence-corrected chi connectivity index (χ2v) is 18.1. The Morgan fingerprint density at radius 2 is 2.02 bits per heavy atom. The number of hydrogen-bond donors (Lipinski definition) is 2. The molecule has 4 heterocycles. The largest absolute Gasteiger partial charge is 0.416 e. The third kappa shape index (κ3) is 6.59. The summed E-state index contributed by atoms with van der Waals surface area (Å²) in [6, 6.07) is 8.09. The van der Waals surface area contributed by atoms with Gasteiger partial charge in [0, 0.05) is 55.7 Å². The SMILES string of the molecule is CC(C)(C)[Si](C)(C)OC[C@@]1(C)CNc2c(C#N)cc(-c3ccnc(Nc4cn(CC(F)F)nc4C4CCOCC4)n3)cc21. The molecule has 230 valence electrons. The van der Waals surface area contributed by atoms with Crippen LogP contribution in [0.3, 0.4) is 0 Å². The molecular weight excluding hydrogens is 568 g/mol. The first kappa shape index (κ1) is 31.0. The van der Waals surface area contributed by atoms with E-state index in [-0.39, 0.29) is 16.4 Å². The second kappa shape index (κ2) is 11.9. The van der Waals surface area contributed by atoms with Crippen molar-refractivity contribution in [2.45, 2.75) is 83.0 Å². The molecule has 1 fully saturated rings. The van der Waals surface area contributed by atoms with Crippen LogP contribution in [-0.4, -0.2) is 60.9 Å². The Balaban J connectivity index is 1.45. The van der Waals surface area contributed by atoms with E-state index in [9.17, 15) is 14.0 Å². The van der Waals surface area contributed by atoms with Crippen molar-refractivity contribution in [3.8, 4) is 17.3 Å². The minimum Gasteiger partial charge on any atom is -0.416 e. The van der Waals surface area contributed by atoms with E-state index in [0.29, 0.717) is 55.0 Å². The van der Waals surface area contributed by atoms with Crippen molar-refractivity contribution in [3.05, 3.63) is 47.4 Å². The molecule has 0 saturated carbocycles. The van der Waals surface area contributed by atoms with Crippen LogP contribution >= 0.6 is 0 Å². The Morgan fingerprint density at radius 1 is 1.28 bits per heavy atom. The average Bonchev–Trinajstić information content (AvgIpc) is 3.51. The molecule has 2 aromatic heterocycles. The molecular formula is C31H41F2N7O2Si. The summed E-state index contributed by atoms with van der Waals surface area (Å²) in [4.78, 5) is 9.19. The third-order valence-electron chi connectivity index (χ3n) is 9.04. The van der Waals surface area contributed by atoms with Crippen molar-refractivity contribution >= 4 is 25.6 Å². The van der Waals surface area contributed by atoms with Gasteiger partial charge in [-0.3, -0.25) is 4.68 Å². The molecule has 2 N–H and O–H groups in total. The van der Waals surface area contributed by atoms with Gasteiger partial charge in [-0.15, -0.1) is 0 Å². The van der Waals surface area contributed by atoms with Gasteiger partial charge in [0.05, 0.1) is 28.3 Å². The third-order valence-corrected chi connectivity index (χ3v) is 13.5. The number of halogens is 2. The van der Waals surface area contributed by atoms with Crippen LogP contribution in [0.5, 0.6) is 0 Å². The van der Waals surface area contributed by atoms with Gasteiger partial charge in [-0.2, -0.15) is 10.4 Å². The van der Waals surface area contributed by atoms with Crippen molar-refractivity contribution in [2.24, 2.45) is 0 Å². The number of ether oxygens (including phenoxy) is 1. The number of nitrogens with one attached hydrogen (secondary N) is 2. The first-order chi connectivity index (χ1) is 20.3. The van der Waals surface area contributed by atoms with Crippen LogP contribution in [0.4, 0.5) is 26.1 Å². The van der Waals surface area contributed by atoms with Crippen molar-refractivity contribution in [2.75, 3.05) is 37.0 Å². The van der Waals surface area contributed by atoms with E-state index in [2.05, 4.69) is 73.6 Å². The molecule has 2 aliphatic rings. The Labute approximate surface area is 253 Å². The van der Waals surface area contributed by atoms with Crippen molar-refractivity contribution in [1.29, 1.82) is 5.26 Å². The van der Waals surface area contributed by atoms with Crippen LogP contribution in [0.2, 0.25) is 18.1 Å². The number of fused-ring (bicyclic) bond motifs is 1. The molecule has 0 amide bonds. The highest BCUT2D eigenvalue weighted by atomic mass is 28.4. The van der Waals surface area contributed by atoms with E-state index in [1.165, 1.54) is 4.68 Å². The number of nitrogens with zero attached hydrogens (tertiary/aromatic N) is 5. The first-order valence-corrected chi connectivity index (χ1v) is 17.7. The molecule has 9 nitrogen and oxygen atoms in total. The van der Waals surface area contributed by atoms with E-state index in [1.807, 2.05) is 6.07 Å². The van der Waals surface area contributed by atoms with Gasteiger partial charge in [0.1, 0.15) is 12.6 Å². The van der Waals surface area contributed by atoms with E-state index in [1.54, 1.807) is 18.5 Å². The van der Waals surface area contributed by atoms with Gasteiger partial charge in [-0.05, 0) is 54.7 Å². The normalized spacial score (nSPS) is 19.3. The topological polar surface area (TPSA) is 110 Å². The number of rotatable bonds is 9. The minimum atomic E-state index is -2.52. The predicted molar refractivity (Wildman–Crippen MR) is 165 cm³/mol. The molecule has 43 heavy (non-hydrogen) atoms. The monoisotopic (exact) mass is 609 g/mol. The number of nitriles is 1. The standard InChI is InChI=1S/C31H41F2N7O2Si/c1-30(2,3)43(5,6)42-19-31(4)18-36-27-22(15-34)13-21(14-23(27)31)24-7-10-35-29(37-24)38-25-16-40(17-26(32)33)39-28(25)20-8-11-41-12-9-20/h7,10,13-14,16,20,26,36H,8-9,11-12,17-19H2,1-6H3,(H,35,37,38)/t31-/m1/s1. The van der Waals surface area contributed by atoms with E-state index in [4.69, 9.17) is 14.1 Å². The van der Waals surface area contributed by atoms with Crippen LogP contribution in [0.25, 0.3) is 11.3 Å². The highest BCUT2D eigenvalue weighted by Gasteiger charge is 2.42. The van der Waals surface area contributed by atoms with Gasteiger partial charge in [-0.1, -0.05) is 27.7 Å². The second-order valence-electron chi connectivity index (χ2n) is 13.3. The summed E-state index contributed by atoms with van der Waals surface area (Å²) in [5.74, 6) is 0.413. The lowest BCUT2D eigenvalue weighted by molar-refractivity contribution is 0.0840. The van der Waals surface area contributed by atoms with Gasteiger partial charge in [0.25, 0.3) is 6.43 Å². The predicted octanol–water partition coefficient (Wildman–Crippen LogP) is 6.82. The minimum absolute atomic E-state index is 0.0861. The fraction of sp³-hybridized carbons (Fsp3) is 0.548. The maximum Gasteiger partial charge on any atom is 0.257 e. The summed E-state index contributed by atoms with van der Waals surface area (Å²) in [6.07, 6.45) is 2.25. The first-order valence-electron chi connectivity index (χ1n) is 14.8. The van der Waals surface area contributed by atoms with Crippen molar-refractivity contribution in [1.82, 2.24) is 19.7 Å². The highest BCUT2D eigenvalue weighted by molar-refractivity contribution is 6.74. The molecule has 1 aromatic carbocycles. The zero-order chi connectivity index (χ0) is 31.0. The highest BCUT2D eigenvalue weighted by Crippen LogP contribution is 2.44. The zero-order valence-electron chi connectivity index (χ0n) is 25.8. The van der Waals surface area contributed by atoms with Crippen LogP contribution in [0.1, 0.15) is 63.3 Å². The van der Waals surface area contributed by atoms with Crippen molar-refractivity contribution < 1.29 is 17.9 Å². The molecule has 1 saturated heterocycles. The number of alkyl halides is 2. The molecule has 3 aromatic rings. The summed E-state index contributed by atoms with van der Waals surface area (Å²) in [5, 5.41) is 21.3. The van der Waals surface area contributed by atoms with Crippen LogP contribution in [0.15, 0.2) is 30.6 Å². The van der Waals surface area contributed by atoms with Crippen molar-refractivity contribution in [3.63, 3.8) is 0 Å². The van der Waals surface area contributed by atoms with E-state index in [0.717, 1.165) is 29.7 Å². The fourth-order valence-corrected chi connectivity index (χ4v) is 6.46. The summed E-state index contributed by atoms with van der Waals surface area (Å²) < 4.78 is 39.8. The fourth-order valence-electron chi connectivity index (χ4n) is 5.35. The molecule has 12 heteroatoms. The zero-order valence-corrected chi connectivity index (χ0v) is 26.8. The molecule has 0 spiro atoms. The van der Waals surface area contributed by atoms with Gasteiger partial charge in [0.15, 0.2) is 8.32 Å². The Hall–Kier alpha value is -3.40. The Morgan fingerprint density at radius 3 is 2.70 bits per heavy atom. The quantitative estimate of drug-likeness (QED) is 0.254. The molecule has 0 radical (unpaired) electrons. The lowest BCUT2D eigenvalue weighted by Crippen LogP contribution is -2.45. The van der Waals surface area contributed by atoms with Crippen LogP contribution in [0, 0.1) is 11.3 Å². The average molecular weight is 610 g/mol. The lowest BCUT2D eigenvalue weighted by Gasteiger charge is -2.39. The van der Waals surface area contributed by atoms with Gasteiger partial charge in [0.2, 0.25) is 5.95 Å². The number of benzene rings is 1. The molecule has 0 aliphatic carbocycles. The van der Waals surface area contributed by atoms with Gasteiger partial charge < -0.3 is 19.8 Å². The molecule has 5 rings (SSSR count). The van der Waals surface area contributed by atoms with Gasteiger partial charge in [-0.25, -0.2) is 18.7 Å². The summed E-state index contributed by atoms with van der Waals surface area (Å²) in [6.45, 7) is 15.3. The number of aromatic nitrogens is 4. The lowest BCUT2D eigenvalue weighted by atomic mass is 9.83. The number of anilines is 3.